The highest BCUT2D eigenvalue weighted by molar-refractivity contribution is 4.74. The van der Waals surface area contributed by atoms with Crippen molar-refractivity contribution >= 4 is 0 Å². The second-order valence-electron chi connectivity index (χ2n) is 4.75. The van der Waals surface area contributed by atoms with Gasteiger partial charge in [-0.15, -0.1) is 0 Å². The molecule has 2 nitrogen and oxygen atoms in total. The van der Waals surface area contributed by atoms with Gasteiger partial charge in [0, 0.05) is 0 Å². The first-order valence-electron chi connectivity index (χ1n) is 6.55. The van der Waals surface area contributed by atoms with Crippen LogP contribution in [0.4, 0.5) is 0 Å². The minimum Gasteiger partial charge on any atom is -0.348 e. The largest absolute Gasteiger partial charge is 0.348 e. The molecule has 0 bridgehead atoms. The third-order valence-electron chi connectivity index (χ3n) is 2.96. The Hall–Kier alpha value is -0.0800. The van der Waals surface area contributed by atoms with Crippen molar-refractivity contribution < 1.29 is 9.47 Å². The molecule has 1 rings (SSSR count). The fourth-order valence-corrected chi connectivity index (χ4v) is 1.71. The average Bonchev–Trinajstić information content (AvgIpc) is 2.95. The molecule has 0 N–H and O–H groups in total. The quantitative estimate of drug-likeness (QED) is 0.406. The average molecular weight is 214 g/mol. The Balaban J connectivity index is 1.70. The van der Waals surface area contributed by atoms with Crippen molar-refractivity contribution in [3.63, 3.8) is 0 Å². The number of ether oxygens (including phenoxy) is 2. The Morgan fingerprint density at radius 1 is 1.00 bits per heavy atom. The zero-order valence-electron chi connectivity index (χ0n) is 10.4. The summed E-state index contributed by atoms with van der Waals surface area (Å²) < 4.78 is 10.7. The lowest BCUT2D eigenvalue weighted by Crippen LogP contribution is -2.11. The summed E-state index contributed by atoms with van der Waals surface area (Å²) in [4.78, 5) is 0. The molecule has 15 heavy (non-hydrogen) atoms. The fourth-order valence-electron chi connectivity index (χ4n) is 1.71. The minimum atomic E-state index is -0.207. The van der Waals surface area contributed by atoms with Gasteiger partial charge in [-0.2, -0.15) is 0 Å². The van der Waals surface area contributed by atoms with Crippen LogP contribution in [-0.2, 0) is 9.47 Å². The number of rotatable bonds is 10. The first kappa shape index (κ1) is 13.0. The zero-order chi connectivity index (χ0) is 11.0. The summed E-state index contributed by atoms with van der Waals surface area (Å²) in [6.07, 6.45) is 10.8. The third-order valence-corrected chi connectivity index (χ3v) is 2.96. The van der Waals surface area contributed by atoms with Gasteiger partial charge in [-0.25, -0.2) is 0 Å². The van der Waals surface area contributed by atoms with Crippen molar-refractivity contribution in [3.8, 4) is 0 Å². The van der Waals surface area contributed by atoms with Gasteiger partial charge >= 0.3 is 0 Å². The van der Waals surface area contributed by atoms with Gasteiger partial charge in [0.2, 0.25) is 0 Å². The van der Waals surface area contributed by atoms with E-state index in [9.17, 15) is 0 Å². The van der Waals surface area contributed by atoms with E-state index in [1.54, 1.807) is 0 Å². The highest BCUT2D eigenvalue weighted by Gasteiger charge is 2.40. The Labute approximate surface area is 94.3 Å². The third kappa shape index (κ3) is 6.91. The predicted molar refractivity (Wildman–Crippen MR) is 62.9 cm³/mol. The molecule has 0 aromatic rings. The molecule has 0 radical (unpaired) electrons. The smallest absolute Gasteiger partial charge is 0.189 e. The van der Waals surface area contributed by atoms with Crippen LogP contribution < -0.4 is 0 Å². The van der Waals surface area contributed by atoms with Gasteiger partial charge in [0.25, 0.3) is 0 Å². The molecule has 0 spiro atoms. The van der Waals surface area contributed by atoms with Gasteiger partial charge in [0.1, 0.15) is 6.61 Å². The zero-order valence-corrected chi connectivity index (χ0v) is 10.4. The van der Waals surface area contributed by atoms with E-state index in [1.165, 1.54) is 51.4 Å². The molecule has 1 fully saturated rings. The van der Waals surface area contributed by atoms with Crippen LogP contribution in [0.1, 0.15) is 65.2 Å². The lowest BCUT2D eigenvalue weighted by molar-refractivity contribution is -0.0309. The topological polar surface area (TPSA) is 21.8 Å². The van der Waals surface area contributed by atoms with Crippen LogP contribution in [0, 0.1) is 0 Å². The van der Waals surface area contributed by atoms with Crippen molar-refractivity contribution in [3.05, 3.63) is 0 Å². The van der Waals surface area contributed by atoms with Gasteiger partial charge in [-0.05, 0) is 13.3 Å². The van der Waals surface area contributed by atoms with Crippen LogP contribution in [-0.4, -0.2) is 19.0 Å². The normalized spacial score (nSPS) is 24.4. The summed E-state index contributed by atoms with van der Waals surface area (Å²) in [5, 5.41) is 0. The molecule has 90 valence electrons. The Bertz CT molecular complexity index is 153. The second kappa shape index (κ2) is 7.24. The van der Waals surface area contributed by atoms with E-state index in [0.29, 0.717) is 0 Å². The molecule has 1 saturated heterocycles. The molecule has 0 saturated carbocycles. The van der Waals surface area contributed by atoms with Crippen LogP contribution in [0.3, 0.4) is 0 Å². The predicted octanol–water partition coefficient (Wildman–Crippen LogP) is 3.89. The first-order chi connectivity index (χ1) is 7.27. The summed E-state index contributed by atoms with van der Waals surface area (Å²) in [5.41, 5.74) is 0. The molecule has 1 aliphatic heterocycles. The van der Waals surface area contributed by atoms with Gasteiger partial charge in [0.15, 0.2) is 5.79 Å². The summed E-state index contributed by atoms with van der Waals surface area (Å²) in [7, 11) is 0. The number of epoxide rings is 1. The van der Waals surface area contributed by atoms with Crippen molar-refractivity contribution in [2.75, 3.05) is 13.2 Å². The van der Waals surface area contributed by atoms with Crippen LogP contribution in [0.5, 0.6) is 0 Å². The second-order valence-corrected chi connectivity index (χ2v) is 4.75. The first-order valence-corrected chi connectivity index (χ1v) is 6.55. The van der Waals surface area contributed by atoms with E-state index < -0.39 is 0 Å². The molecule has 0 aromatic carbocycles. The standard InChI is InChI=1S/C13H26O2/c1-3-4-5-6-7-8-9-10-11-14-13(2)12-15-13/h3-12H2,1-2H3. The lowest BCUT2D eigenvalue weighted by atomic mass is 10.1. The monoisotopic (exact) mass is 214 g/mol. The lowest BCUT2D eigenvalue weighted by Gasteiger charge is -2.06. The van der Waals surface area contributed by atoms with Crippen molar-refractivity contribution in [1.29, 1.82) is 0 Å². The summed E-state index contributed by atoms with van der Waals surface area (Å²) in [5.74, 6) is -0.207. The van der Waals surface area contributed by atoms with Crippen molar-refractivity contribution in [2.24, 2.45) is 0 Å². The Morgan fingerprint density at radius 2 is 1.53 bits per heavy atom. The van der Waals surface area contributed by atoms with E-state index in [1.807, 2.05) is 6.92 Å². The van der Waals surface area contributed by atoms with Crippen molar-refractivity contribution in [1.82, 2.24) is 0 Å². The summed E-state index contributed by atoms with van der Waals surface area (Å²) in [6.45, 7) is 5.92. The summed E-state index contributed by atoms with van der Waals surface area (Å²) in [6, 6.07) is 0. The molecule has 1 atom stereocenters. The number of hydrogen-bond acceptors (Lipinski definition) is 2. The molecule has 0 aromatic heterocycles. The highest BCUT2D eigenvalue weighted by Crippen LogP contribution is 2.27. The van der Waals surface area contributed by atoms with Gasteiger partial charge in [-0.3, -0.25) is 0 Å². The van der Waals surface area contributed by atoms with Crippen LogP contribution in [0.25, 0.3) is 0 Å². The van der Waals surface area contributed by atoms with Crippen LogP contribution >= 0.6 is 0 Å². The molecular formula is C13H26O2. The minimum absolute atomic E-state index is 0.207. The van der Waals surface area contributed by atoms with Gasteiger partial charge in [0.05, 0.1) is 6.61 Å². The van der Waals surface area contributed by atoms with E-state index in [0.717, 1.165) is 13.2 Å². The maximum absolute atomic E-state index is 5.56. The van der Waals surface area contributed by atoms with Gasteiger partial charge in [-0.1, -0.05) is 51.9 Å². The van der Waals surface area contributed by atoms with Gasteiger partial charge < -0.3 is 9.47 Å². The molecule has 2 heteroatoms. The molecule has 0 amide bonds. The maximum atomic E-state index is 5.56. The molecule has 1 unspecified atom stereocenters. The molecule has 1 heterocycles. The number of unbranched alkanes of at least 4 members (excludes halogenated alkanes) is 7. The van der Waals surface area contributed by atoms with E-state index in [4.69, 9.17) is 9.47 Å². The maximum Gasteiger partial charge on any atom is 0.189 e. The molecule has 0 aliphatic carbocycles. The van der Waals surface area contributed by atoms with Crippen molar-refractivity contribution in [2.45, 2.75) is 71.0 Å². The summed E-state index contributed by atoms with van der Waals surface area (Å²) >= 11 is 0. The molecular weight excluding hydrogens is 188 g/mol. The van der Waals surface area contributed by atoms with E-state index in [-0.39, 0.29) is 5.79 Å². The number of hydrogen-bond donors (Lipinski definition) is 0. The SMILES string of the molecule is CCCCCCCCCCOC1(C)CO1. The fraction of sp³-hybridized carbons (Fsp3) is 1.00. The van der Waals surface area contributed by atoms with Crippen LogP contribution in [0.2, 0.25) is 0 Å². The van der Waals surface area contributed by atoms with E-state index >= 15 is 0 Å². The van der Waals surface area contributed by atoms with Crippen LogP contribution in [0.15, 0.2) is 0 Å². The van der Waals surface area contributed by atoms with E-state index in [2.05, 4.69) is 6.92 Å². The Kier molecular flexibility index (Phi) is 6.26. The molecule has 1 aliphatic rings. The Morgan fingerprint density at radius 3 is 2.07 bits per heavy atom. The highest BCUT2D eigenvalue weighted by atomic mass is 16.8.